The lowest BCUT2D eigenvalue weighted by Crippen LogP contribution is -2.36. The Morgan fingerprint density at radius 3 is 2.52 bits per heavy atom. The molecule has 0 saturated heterocycles. The van der Waals surface area contributed by atoms with Crippen LogP contribution < -0.4 is 4.90 Å². The predicted octanol–water partition coefficient (Wildman–Crippen LogP) is 5.91. The zero-order valence-electron chi connectivity index (χ0n) is 17.3. The molecule has 2 aromatic rings. The van der Waals surface area contributed by atoms with E-state index in [1.54, 1.807) is 0 Å². The van der Waals surface area contributed by atoms with Crippen molar-refractivity contribution in [2.45, 2.75) is 51.8 Å². The molecule has 4 atom stereocenters. The number of nitrogens with zero attached hydrogens (tertiary/aromatic N) is 1. The molecule has 3 heterocycles. The molecule has 146 valence electrons. The molecule has 0 spiro atoms. The Hall–Kier alpha value is -2.94. The number of para-hydroxylation sites is 1. The topological polar surface area (TPSA) is 21.7 Å². The van der Waals surface area contributed by atoms with Gasteiger partial charge in [0, 0.05) is 17.2 Å². The van der Waals surface area contributed by atoms with Crippen LogP contribution in [-0.4, -0.2) is 12.1 Å². The maximum Gasteiger partial charge on any atom is 0.286 e. The zero-order chi connectivity index (χ0) is 19.9. The molecule has 1 saturated carbocycles. The molecule has 3 aliphatic heterocycles. The first-order valence-corrected chi connectivity index (χ1v) is 10.5. The van der Waals surface area contributed by atoms with E-state index in [1.165, 1.54) is 39.1 Å². The Bertz CT molecular complexity index is 1140. The average molecular weight is 383 g/mol. The van der Waals surface area contributed by atoms with Crippen molar-refractivity contribution in [1.29, 1.82) is 0 Å². The number of benzene rings is 2. The Labute approximate surface area is 171 Å². The molecule has 2 aromatic carbocycles. The van der Waals surface area contributed by atoms with Gasteiger partial charge >= 0.3 is 0 Å². The molecule has 0 aromatic heterocycles. The number of hydrogen-bond acceptors (Lipinski definition) is 3. The highest BCUT2D eigenvalue weighted by molar-refractivity contribution is 5.79. The van der Waals surface area contributed by atoms with Crippen molar-refractivity contribution < 1.29 is 9.47 Å². The van der Waals surface area contributed by atoms with Gasteiger partial charge in [0.15, 0.2) is 0 Å². The van der Waals surface area contributed by atoms with E-state index in [9.17, 15) is 0 Å². The van der Waals surface area contributed by atoms with Gasteiger partial charge in [0.1, 0.15) is 11.9 Å². The number of ether oxygens (including phenoxy) is 2. The van der Waals surface area contributed by atoms with Crippen molar-refractivity contribution in [2.24, 2.45) is 0 Å². The van der Waals surface area contributed by atoms with Crippen molar-refractivity contribution in [3.8, 4) is 0 Å². The minimum atomic E-state index is 0.0393. The van der Waals surface area contributed by atoms with Crippen molar-refractivity contribution in [3.05, 3.63) is 93.6 Å². The Balaban J connectivity index is 1.57. The van der Waals surface area contributed by atoms with Gasteiger partial charge < -0.3 is 14.4 Å². The van der Waals surface area contributed by atoms with E-state index in [2.05, 4.69) is 74.2 Å². The first-order chi connectivity index (χ1) is 14.0. The van der Waals surface area contributed by atoms with E-state index >= 15 is 0 Å². The molecular weight excluding hydrogens is 358 g/mol. The summed E-state index contributed by atoms with van der Waals surface area (Å²) in [6.45, 7) is 8.50. The van der Waals surface area contributed by atoms with Gasteiger partial charge in [0.05, 0.1) is 12.1 Å². The number of allylic oxidation sites excluding steroid dienone is 1. The summed E-state index contributed by atoms with van der Waals surface area (Å²) in [5.74, 6) is 1.96. The SMILES string of the molecule is CC1=CC(C)O/C(=C2\C3c4cc(C)c(C)cc4C4C=Cc5ccccc5N4C23)O1. The third-order valence-electron chi connectivity index (χ3n) is 6.74. The normalized spacial score (nSPS) is 30.9. The molecular formula is C26H25NO2. The van der Waals surface area contributed by atoms with Crippen LogP contribution in [0.5, 0.6) is 0 Å². The van der Waals surface area contributed by atoms with Crippen molar-refractivity contribution in [2.75, 3.05) is 4.90 Å². The van der Waals surface area contributed by atoms with Gasteiger partial charge in [-0.2, -0.15) is 0 Å². The van der Waals surface area contributed by atoms with Gasteiger partial charge in [-0.25, -0.2) is 0 Å². The summed E-state index contributed by atoms with van der Waals surface area (Å²) in [6, 6.07) is 14.0. The molecule has 0 N–H and O–H groups in total. The first kappa shape index (κ1) is 17.0. The van der Waals surface area contributed by atoms with Crippen LogP contribution in [0.15, 0.2) is 65.8 Å². The quantitative estimate of drug-likeness (QED) is 0.565. The summed E-state index contributed by atoms with van der Waals surface area (Å²) in [6.07, 6.45) is 6.69. The molecule has 1 fully saturated rings. The Morgan fingerprint density at radius 1 is 0.966 bits per heavy atom. The molecule has 3 nitrogen and oxygen atoms in total. The van der Waals surface area contributed by atoms with E-state index in [1.807, 2.05) is 13.0 Å². The fourth-order valence-electron chi connectivity index (χ4n) is 5.27. The van der Waals surface area contributed by atoms with Gasteiger partial charge in [-0.05, 0) is 67.7 Å². The van der Waals surface area contributed by atoms with E-state index in [0.717, 1.165) is 5.76 Å². The molecule has 1 aliphatic carbocycles. The van der Waals surface area contributed by atoms with Crippen LogP contribution in [0.1, 0.15) is 53.6 Å². The molecule has 6 rings (SSSR count). The van der Waals surface area contributed by atoms with Crippen LogP contribution in [0, 0.1) is 13.8 Å². The number of rotatable bonds is 0. The van der Waals surface area contributed by atoms with Gasteiger partial charge in [0.2, 0.25) is 0 Å². The predicted molar refractivity (Wildman–Crippen MR) is 116 cm³/mol. The third kappa shape index (κ3) is 2.37. The summed E-state index contributed by atoms with van der Waals surface area (Å²) in [4.78, 5) is 2.57. The van der Waals surface area contributed by atoms with Crippen LogP contribution in [0.2, 0.25) is 0 Å². The van der Waals surface area contributed by atoms with Crippen LogP contribution in [-0.2, 0) is 9.47 Å². The van der Waals surface area contributed by atoms with Gasteiger partial charge in [-0.1, -0.05) is 42.5 Å². The zero-order valence-corrected chi connectivity index (χ0v) is 17.3. The number of anilines is 1. The van der Waals surface area contributed by atoms with Crippen LogP contribution in [0.4, 0.5) is 5.69 Å². The summed E-state index contributed by atoms with van der Waals surface area (Å²) in [5.41, 5.74) is 9.39. The smallest absolute Gasteiger partial charge is 0.286 e. The van der Waals surface area contributed by atoms with Crippen molar-refractivity contribution >= 4 is 11.8 Å². The van der Waals surface area contributed by atoms with E-state index in [0.29, 0.717) is 11.9 Å². The van der Waals surface area contributed by atoms with Gasteiger partial charge in [-0.3, -0.25) is 0 Å². The minimum absolute atomic E-state index is 0.0393. The Kier molecular flexibility index (Phi) is 3.39. The number of fused-ring (bicyclic) bond motifs is 8. The summed E-state index contributed by atoms with van der Waals surface area (Å²) in [7, 11) is 0. The molecule has 4 aliphatic rings. The summed E-state index contributed by atoms with van der Waals surface area (Å²) >= 11 is 0. The fraction of sp³-hybridized carbons (Fsp3) is 0.308. The molecule has 3 heteroatoms. The lowest BCUT2D eigenvalue weighted by Gasteiger charge is -2.40. The summed E-state index contributed by atoms with van der Waals surface area (Å²) < 4.78 is 12.2. The standard InChI is InChI=1S/C26H25NO2/c1-14-11-19-20(12-15(14)2)23-24(26-28-16(3)13-17(4)29-26)25(23)27-21-8-6-5-7-18(21)9-10-22(19)27/h5-13,16,22-23,25H,1-4H3/b26-24-. The average Bonchev–Trinajstić information content (AvgIpc) is 3.44. The van der Waals surface area contributed by atoms with Crippen LogP contribution in [0.25, 0.3) is 6.08 Å². The highest BCUT2D eigenvalue weighted by Gasteiger charge is 2.59. The lowest BCUT2D eigenvalue weighted by atomic mass is 9.86. The highest BCUT2D eigenvalue weighted by atomic mass is 16.7. The monoisotopic (exact) mass is 383 g/mol. The number of hydrogen-bond donors (Lipinski definition) is 0. The van der Waals surface area contributed by atoms with Gasteiger partial charge in [0.25, 0.3) is 5.95 Å². The van der Waals surface area contributed by atoms with Crippen molar-refractivity contribution in [3.63, 3.8) is 0 Å². The van der Waals surface area contributed by atoms with Gasteiger partial charge in [-0.15, -0.1) is 0 Å². The van der Waals surface area contributed by atoms with Crippen LogP contribution in [0.3, 0.4) is 0 Å². The minimum Gasteiger partial charge on any atom is -0.458 e. The molecule has 0 bridgehead atoms. The fourth-order valence-corrected chi connectivity index (χ4v) is 5.27. The Morgan fingerprint density at radius 2 is 1.72 bits per heavy atom. The van der Waals surface area contributed by atoms with E-state index in [4.69, 9.17) is 9.47 Å². The second-order valence-electron chi connectivity index (χ2n) is 8.70. The second-order valence-corrected chi connectivity index (χ2v) is 8.70. The van der Waals surface area contributed by atoms with E-state index in [-0.39, 0.29) is 18.2 Å². The largest absolute Gasteiger partial charge is 0.458 e. The lowest BCUT2D eigenvalue weighted by molar-refractivity contribution is 0.0208. The second kappa shape index (κ2) is 5.79. The molecule has 0 amide bonds. The van der Waals surface area contributed by atoms with Crippen LogP contribution >= 0.6 is 0 Å². The summed E-state index contributed by atoms with van der Waals surface area (Å²) in [5, 5.41) is 0. The van der Waals surface area contributed by atoms with E-state index < -0.39 is 0 Å². The highest BCUT2D eigenvalue weighted by Crippen LogP contribution is 2.62. The number of aryl methyl sites for hydroxylation is 2. The van der Waals surface area contributed by atoms with Crippen molar-refractivity contribution in [1.82, 2.24) is 0 Å². The molecule has 4 unspecified atom stereocenters. The molecule has 29 heavy (non-hydrogen) atoms. The maximum absolute atomic E-state index is 6.15. The molecule has 0 radical (unpaired) electrons. The first-order valence-electron chi connectivity index (χ1n) is 10.5. The maximum atomic E-state index is 6.15. The third-order valence-corrected chi connectivity index (χ3v) is 6.74.